The van der Waals surface area contributed by atoms with Gasteiger partial charge in [0.05, 0.1) is 6.61 Å². The van der Waals surface area contributed by atoms with Crippen LogP contribution < -0.4 is 5.32 Å². The van der Waals surface area contributed by atoms with Crippen molar-refractivity contribution in [3.05, 3.63) is 71.0 Å². The van der Waals surface area contributed by atoms with Gasteiger partial charge in [-0.1, -0.05) is 48.9 Å². The monoisotopic (exact) mass is 406 g/mol. The minimum Gasteiger partial charge on any atom is -0.451 e. The molecule has 4 rings (SSSR count). The van der Waals surface area contributed by atoms with Gasteiger partial charge in [-0.25, -0.2) is 0 Å². The Morgan fingerprint density at radius 1 is 1.03 bits per heavy atom. The van der Waals surface area contributed by atoms with E-state index in [1.807, 2.05) is 31.2 Å². The van der Waals surface area contributed by atoms with Crippen LogP contribution in [0.1, 0.15) is 53.4 Å². The van der Waals surface area contributed by atoms with Crippen LogP contribution in [0.15, 0.2) is 52.9 Å². The summed E-state index contributed by atoms with van der Waals surface area (Å²) in [6.45, 7) is 6.75. The molecular formula is C25H30N2O3. The molecule has 1 N–H and O–H groups in total. The SMILES string of the molecule is CCOCc1c(C(=O)NCc2ccc(CN3CCCCC3)cc2)oc2ccccc12. The Morgan fingerprint density at radius 2 is 1.77 bits per heavy atom. The van der Waals surface area contributed by atoms with Crippen molar-refractivity contribution in [1.82, 2.24) is 10.2 Å². The number of rotatable bonds is 8. The Balaban J connectivity index is 1.39. The molecule has 0 bridgehead atoms. The highest BCUT2D eigenvalue weighted by molar-refractivity contribution is 5.99. The Labute approximate surface area is 178 Å². The van der Waals surface area contributed by atoms with Crippen molar-refractivity contribution in [1.29, 1.82) is 0 Å². The van der Waals surface area contributed by atoms with Gasteiger partial charge in [0, 0.05) is 30.6 Å². The van der Waals surface area contributed by atoms with Crippen molar-refractivity contribution < 1.29 is 13.9 Å². The van der Waals surface area contributed by atoms with Crippen LogP contribution in [0.4, 0.5) is 0 Å². The molecule has 0 aliphatic carbocycles. The van der Waals surface area contributed by atoms with E-state index in [0.29, 0.717) is 31.1 Å². The first-order valence-corrected chi connectivity index (χ1v) is 10.9. The lowest BCUT2D eigenvalue weighted by atomic mass is 10.1. The summed E-state index contributed by atoms with van der Waals surface area (Å²) < 4.78 is 11.4. The van der Waals surface area contributed by atoms with Crippen LogP contribution in [-0.4, -0.2) is 30.5 Å². The first kappa shape index (κ1) is 20.6. The van der Waals surface area contributed by atoms with E-state index in [0.717, 1.165) is 23.1 Å². The van der Waals surface area contributed by atoms with Crippen LogP contribution in [0.2, 0.25) is 0 Å². The quantitative estimate of drug-likeness (QED) is 0.579. The molecule has 3 aromatic rings. The number of piperidine rings is 1. The Morgan fingerprint density at radius 3 is 2.53 bits per heavy atom. The van der Waals surface area contributed by atoms with E-state index in [4.69, 9.17) is 9.15 Å². The van der Waals surface area contributed by atoms with Crippen molar-refractivity contribution in [2.45, 2.75) is 45.9 Å². The van der Waals surface area contributed by atoms with Gasteiger partial charge in [0.15, 0.2) is 5.76 Å². The lowest BCUT2D eigenvalue weighted by Crippen LogP contribution is -2.29. The Bertz CT molecular complexity index is 972. The molecule has 1 aliphatic heterocycles. The van der Waals surface area contributed by atoms with Crippen LogP contribution in [0.25, 0.3) is 11.0 Å². The fraction of sp³-hybridized carbons (Fsp3) is 0.400. The zero-order chi connectivity index (χ0) is 20.8. The molecule has 158 valence electrons. The zero-order valence-electron chi connectivity index (χ0n) is 17.7. The number of nitrogens with zero attached hydrogens (tertiary/aromatic N) is 1. The molecule has 0 atom stereocenters. The number of likely N-dealkylation sites (tertiary alicyclic amines) is 1. The molecule has 2 heterocycles. The van der Waals surface area contributed by atoms with Crippen molar-refractivity contribution in [3.63, 3.8) is 0 Å². The van der Waals surface area contributed by atoms with Gasteiger partial charge < -0.3 is 14.5 Å². The molecule has 0 unspecified atom stereocenters. The van der Waals surface area contributed by atoms with E-state index in [1.165, 1.54) is 37.9 Å². The summed E-state index contributed by atoms with van der Waals surface area (Å²) in [7, 11) is 0. The Hall–Kier alpha value is -2.63. The molecule has 0 radical (unpaired) electrons. The van der Waals surface area contributed by atoms with E-state index in [9.17, 15) is 4.79 Å². The second kappa shape index (κ2) is 9.92. The zero-order valence-corrected chi connectivity index (χ0v) is 17.7. The van der Waals surface area contributed by atoms with Gasteiger partial charge in [-0.3, -0.25) is 9.69 Å². The number of amides is 1. The Kier molecular flexibility index (Phi) is 6.82. The van der Waals surface area contributed by atoms with Crippen molar-refractivity contribution >= 4 is 16.9 Å². The molecule has 1 aromatic heterocycles. The van der Waals surface area contributed by atoms with Crippen molar-refractivity contribution in [2.24, 2.45) is 0 Å². The molecular weight excluding hydrogens is 376 g/mol. The second-order valence-electron chi connectivity index (χ2n) is 7.88. The van der Waals surface area contributed by atoms with Crippen LogP contribution in [0, 0.1) is 0 Å². The number of benzene rings is 2. The van der Waals surface area contributed by atoms with Gasteiger partial charge in [-0.15, -0.1) is 0 Å². The smallest absolute Gasteiger partial charge is 0.287 e. The molecule has 1 amide bonds. The topological polar surface area (TPSA) is 54.7 Å². The number of furan rings is 1. The average molecular weight is 407 g/mol. The third-order valence-corrected chi connectivity index (χ3v) is 5.69. The third-order valence-electron chi connectivity index (χ3n) is 5.69. The van der Waals surface area contributed by atoms with Gasteiger partial charge >= 0.3 is 0 Å². The maximum atomic E-state index is 12.8. The highest BCUT2D eigenvalue weighted by atomic mass is 16.5. The maximum Gasteiger partial charge on any atom is 0.287 e. The summed E-state index contributed by atoms with van der Waals surface area (Å²) in [5.74, 6) is 0.129. The number of ether oxygens (including phenoxy) is 1. The number of hydrogen-bond donors (Lipinski definition) is 1. The predicted molar refractivity (Wildman–Crippen MR) is 118 cm³/mol. The number of hydrogen-bond acceptors (Lipinski definition) is 4. The molecule has 5 nitrogen and oxygen atoms in total. The number of carbonyl (C=O) groups is 1. The molecule has 5 heteroatoms. The molecule has 1 fully saturated rings. The summed E-state index contributed by atoms with van der Waals surface area (Å²) in [4.78, 5) is 15.3. The standard InChI is InChI=1S/C25H30N2O3/c1-2-29-18-22-21-8-4-5-9-23(21)30-24(22)25(28)26-16-19-10-12-20(13-11-19)17-27-14-6-3-7-15-27/h4-5,8-13H,2-3,6-7,14-18H2,1H3,(H,26,28). The molecule has 0 spiro atoms. The van der Waals surface area contributed by atoms with E-state index in [2.05, 4.69) is 34.5 Å². The van der Waals surface area contributed by atoms with E-state index in [-0.39, 0.29) is 5.91 Å². The number of para-hydroxylation sites is 1. The summed E-state index contributed by atoms with van der Waals surface area (Å²) in [6, 6.07) is 16.2. The van der Waals surface area contributed by atoms with Crippen LogP contribution >= 0.6 is 0 Å². The molecule has 1 saturated heterocycles. The fourth-order valence-electron chi connectivity index (χ4n) is 4.03. The fourth-order valence-corrected chi connectivity index (χ4v) is 4.03. The minimum atomic E-state index is -0.210. The summed E-state index contributed by atoms with van der Waals surface area (Å²) in [6.07, 6.45) is 3.96. The van der Waals surface area contributed by atoms with Crippen molar-refractivity contribution in [2.75, 3.05) is 19.7 Å². The third kappa shape index (κ3) is 4.91. The minimum absolute atomic E-state index is 0.210. The van der Waals surface area contributed by atoms with Gasteiger partial charge in [0.25, 0.3) is 5.91 Å². The maximum absolute atomic E-state index is 12.8. The van der Waals surface area contributed by atoms with Gasteiger partial charge in [-0.05, 0) is 50.0 Å². The number of fused-ring (bicyclic) bond motifs is 1. The normalized spacial score (nSPS) is 14.8. The second-order valence-corrected chi connectivity index (χ2v) is 7.88. The summed E-state index contributed by atoms with van der Waals surface area (Å²) >= 11 is 0. The van der Waals surface area contributed by atoms with Gasteiger partial charge in [-0.2, -0.15) is 0 Å². The van der Waals surface area contributed by atoms with E-state index in [1.54, 1.807) is 0 Å². The van der Waals surface area contributed by atoms with Gasteiger partial charge in [0.2, 0.25) is 0 Å². The van der Waals surface area contributed by atoms with Crippen LogP contribution in [-0.2, 0) is 24.4 Å². The summed E-state index contributed by atoms with van der Waals surface area (Å²) in [5, 5.41) is 3.92. The predicted octanol–water partition coefficient (Wildman–Crippen LogP) is 4.89. The summed E-state index contributed by atoms with van der Waals surface area (Å²) in [5.41, 5.74) is 3.91. The molecule has 2 aromatic carbocycles. The first-order valence-electron chi connectivity index (χ1n) is 10.9. The number of nitrogens with one attached hydrogen (secondary N) is 1. The molecule has 30 heavy (non-hydrogen) atoms. The van der Waals surface area contributed by atoms with Crippen LogP contribution in [0.5, 0.6) is 0 Å². The van der Waals surface area contributed by atoms with E-state index < -0.39 is 0 Å². The van der Waals surface area contributed by atoms with E-state index >= 15 is 0 Å². The molecule has 0 saturated carbocycles. The average Bonchev–Trinajstić information content (AvgIpc) is 3.16. The molecule has 1 aliphatic rings. The van der Waals surface area contributed by atoms with Gasteiger partial charge in [0.1, 0.15) is 5.58 Å². The highest BCUT2D eigenvalue weighted by Crippen LogP contribution is 2.26. The first-order chi connectivity index (χ1) is 14.7. The lowest BCUT2D eigenvalue weighted by molar-refractivity contribution is 0.0912. The number of carbonyl (C=O) groups excluding carboxylic acids is 1. The lowest BCUT2D eigenvalue weighted by Gasteiger charge is -2.26. The largest absolute Gasteiger partial charge is 0.451 e. The van der Waals surface area contributed by atoms with Crippen molar-refractivity contribution in [3.8, 4) is 0 Å². The van der Waals surface area contributed by atoms with Crippen LogP contribution in [0.3, 0.4) is 0 Å². The highest BCUT2D eigenvalue weighted by Gasteiger charge is 2.20.